The number of hydrogen-bond donors (Lipinski definition) is 1. The van der Waals surface area contributed by atoms with Crippen LogP contribution in [0.1, 0.15) is 25.7 Å². The summed E-state index contributed by atoms with van der Waals surface area (Å²) in [6.07, 6.45) is 9.12. The van der Waals surface area contributed by atoms with E-state index >= 15 is 0 Å². The number of hydrogen-bond acceptors (Lipinski definition) is 1. The Kier molecular flexibility index (Phi) is 1.29. The second-order valence-corrected chi connectivity index (χ2v) is 6.01. The molecule has 80 valence electrons. The summed E-state index contributed by atoms with van der Waals surface area (Å²) in [5.41, 5.74) is -0.449. The fraction of sp³-hybridized carbons (Fsp3) is 0.769. The van der Waals surface area contributed by atoms with Gasteiger partial charge in [0.05, 0.1) is 5.41 Å². The summed E-state index contributed by atoms with van der Waals surface area (Å²) in [5, 5.41) is 9.51. The average Bonchev–Trinajstić information content (AvgIpc) is 2.96. The van der Waals surface area contributed by atoms with Crippen molar-refractivity contribution in [3.05, 3.63) is 12.2 Å². The van der Waals surface area contributed by atoms with Crippen molar-refractivity contribution in [3.8, 4) is 0 Å². The molecule has 0 spiro atoms. The van der Waals surface area contributed by atoms with Crippen molar-refractivity contribution in [1.29, 1.82) is 0 Å². The van der Waals surface area contributed by atoms with Gasteiger partial charge in [-0.3, -0.25) is 4.79 Å². The molecule has 4 aliphatic rings. The van der Waals surface area contributed by atoms with Crippen LogP contribution in [0.5, 0.6) is 0 Å². The minimum Gasteiger partial charge on any atom is -0.481 e. The predicted molar refractivity (Wildman–Crippen MR) is 55.1 cm³/mol. The second kappa shape index (κ2) is 2.31. The number of carboxylic acid groups (broad SMARTS) is 1. The molecule has 15 heavy (non-hydrogen) atoms. The molecule has 6 unspecified atom stereocenters. The van der Waals surface area contributed by atoms with Crippen LogP contribution in [0, 0.1) is 35.0 Å². The maximum absolute atomic E-state index is 11.5. The van der Waals surface area contributed by atoms with Gasteiger partial charge in [0.15, 0.2) is 0 Å². The van der Waals surface area contributed by atoms with Crippen LogP contribution >= 0.6 is 0 Å². The van der Waals surface area contributed by atoms with Crippen LogP contribution < -0.4 is 0 Å². The number of carboxylic acids is 1. The number of rotatable bonds is 1. The summed E-state index contributed by atoms with van der Waals surface area (Å²) in [7, 11) is 0. The lowest BCUT2D eigenvalue weighted by Crippen LogP contribution is -2.38. The summed E-state index contributed by atoms with van der Waals surface area (Å²) >= 11 is 0. The molecule has 2 heteroatoms. The van der Waals surface area contributed by atoms with Gasteiger partial charge in [-0.15, -0.1) is 0 Å². The molecule has 6 atom stereocenters. The van der Waals surface area contributed by atoms with Crippen LogP contribution in [0.2, 0.25) is 0 Å². The Bertz CT molecular complexity index is 373. The molecule has 0 amide bonds. The van der Waals surface area contributed by atoms with E-state index in [4.69, 9.17) is 0 Å². The maximum Gasteiger partial charge on any atom is 0.313 e. The normalized spacial score (nSPS) is 58.8. The molecular weight excluding hydrogens is 188 g/mol. The second-order valence-electron chi connectivity index (χ2n) is 6.01. The van der Waals surface area contributed by atoms with E-state index in [1.165, 1.54) is 19.3 Å². The summed E-state index contributed by atoms with van der Waals surface area (Å²) in [4.78, 5) is 11.5. The summed E-state index contributed by atoms with van der Waals surface area (Å²) in [5.74, 6) is 2.85. The van der Waals surface area contributed by atoms with Crippen molar-refractivity contribution in [1.82, 2.24) is 0 Å². The molecular formula is C13H16O2. The van der Waals surface area contributed by atoms with Gasteiger partial charge in [-0.05, 0) is 55.3 Å². The zero-order chi connectivity index (χ0) is 10.2. The molecule has 0 heterocycles. The van der Waals surface area contributed by atoms with Gasteiger partial charge in [-0.25, -0.2) is 0 Å². The molecule has 1 N–H and O–H groups in total. The molecule has 0 aliphatic heterocycles. The molecule has 0 aromatic rings. The molecule has 0 radical (unpaired) electrons. The predicted octanol–water partition coefficient (Wildman–Crippen LogP) is 2.31. The van der Waals surface area contributed by atoms with Gasteiger partial charge in [0.2, 0.25) is 0 Å². The van der Waals surface area contributed by atoms with Gasteiger partial charge >= 0.3 is 5.97 Å². The lowest BCUT2D eigenvalue weighted by molar-refractivity contribution is -0.149. The van der Waals surface area contributed by atoms with E-state index in [1.807, 2.05) is 6.08 Å². The summed E-state index contributed by atoms with van der Waals surface area (Å²) < 4.78 is 0. The standard InChI is InChI=1S/C13H16O2/c14-12(15)13-4-3-9(6-13)10-7-1-2-8(5-7)11(10)13/h3-4,7-11H,1-2,5-6H2,(H,14,15). The molecule has 4 aliphatic carbocycles. The lowest BCUT2D eigenvalue weighted by Gasteiger charge is -2.36. The molecule has 3 fully saturated rings. The largest absolute Gasteiger partial charge is 0.481 e. The Labute approximate surface area is 89.4 Å². The topological polar surface area (TPSA) is 37.3 Å². The number of fused-ring (bicyclic) bond motifs is 9. The molecule has 0 aromatic heterocycles. The zero-order valence-corrected chi connectivity index (χ0v) is 8.73. The highest BCUT2D eigenvalue weighted by Crippen LogP contribution is 2.70. The smallest absolute Gasteiger partial charge is 0.313 e. The van der Waals surface area contributed by atoms with Crippen LogP contribution in [-0.2, 0) is 4.79 Å². The van der Waals surface area contributed by atoms with E-state index in [9.17, 15) is 9.90 Å². The quantitative estimate of drug-likeness (QED) is 0.525. The molecule has 4 rings (SSSR count). The van der Waals surface area contributed by atoms with Crippen molar-refractivity contribution in [2.75, 3.05) is 0 Å². The summed E-state index contributed by atoms with van der Waals surface area (Å²) in [6.45, 7) is 0. The van der Waals surface area contributed by atoms with E-state index in [2.05, 4.69) is 6.08 Å². The first-order valence-electron chi connectivity index (χ1n) is 6.15. The van der Waals surface area contributed by atoms with Crippen molar-refractivity contribution in [2.24, 2.45) is 35.0 Å². The van der Waals surface area contributed by atoms with Crippen molar-refractivity contribution >= 4 is 5.97 Å². The van der Waals surface area contributed by atoms with E-state index in [0.29, 0.717) is 11.8 Å². The Morgan fingerprint density at radius 3 is 2.93 bits per heavy atom. The minimum absolute atomic E-state index is 0.449. The fourth-order valence-electron chi connectivity index (χ4n) is 5.35. The van der Waals surface area contributed by atoms with Crippen LogP contribution in [0.25, 0.3) is 0 Å². The third-order valence-corrected chi connectivity index (χ3v) is 5.68. The fourth-order valence-corrected chi connectivity index (χ4v) is 5.35. The summed E-state index contributed by atoms with van der Waals surface area (Å²) in [6, 6.07) is 0. The molecule has 0 saturated heterocycles. The van der Waals surface area contributed by atoms with Gasteiger partial charge in [-0.1, -0.05) is 12.2 Å². The van der Waals surface area contributed by atoms with Crippen LogP contribution in [-0.4, -0.2) is 11.1 Å². The van der Waals surface area contributed by atoms with E-state index < -0.39 is 11.4 Å². The minimum atomic E-state index is -0.554. The maximum atomic E-state index is 11.5. The molecule has 2 nitrogen and oxygen atoms in total. The van der Waals surface area contributed by atoms with Gasteiger partial charge in [0, 0.05) is 0 Å². The molecule has 4 bridgehead atoms. The first-order chi connectivity index (χ1) is 7.22. The third-order valence-electron chi connectivity index (χ3n) is 5.68. The number of carbonyl (C=O) groups is 1. The van der Waals surface area contributed by atoms with Crippen LogP contribution in [0.3, 0.4) is 0 Å². The van der Waals surface area contributed by atoms with Gasteiger partial charge in [0.25, 0.3) is 0 Å². The monoisotopic (exact) mass is 204 g/mol. The van der Waals surface area contributed by atoms with Gasteiger partial charge in [0.1, 0.15) is 0 Å². The number of allylic oxidation sites excluding steroid dienone is 1. The highest BCUT2D eigenvalue weighted by molar-refractivity contribution is 5.79. The first-order valence-corrected chi connectivity index (χ1v) is 6.15. The molecule has 0 aromatic carbocycles. The van der Waals surface area contributed by atoms with Crippen LogP contribution in [0.4, 0.5) is 0 Å². The van der Waals surface area contributed by atoms with E-state index in [0.717, 1.165) is 24.2 Å². The first kappa shape index (κ1) is 8.37. The Balaban J connectivity index is 1.85. The van der Waals surface area contributed by atoms with Gasteiger partial charge < -0.3 is 5.11 Å². The van der Waals surface area contributed by atoms with Crippen molar-refractivity contribution < 1.29 is 9.90 Å². The zero-order valence-electron chi connectivity index (χ0n) is 8.73. The Hall–Kier alpha value is -0.790. The third kappa shape index (κ3) is 0.745. The highest BCUT2D eigenvalue weighted by Gasteiger charge is 2.67. The Morgan fingerprint density at radius 1 is 1.33 bits per heavy atom. The van der Waals surface area contributed by atoms with E-state index in [1.54, 1.807) is 0 Å². The number of aliphatic carboxylic acids is 1. The average molecular weight is 204 g/mol. The van der Waals surface area contributed by atoms with E-state index in [-0.39, 0.29) is 0 Å². The van der Waals surface area contributed by atoms with Crippen molar-refractivity contribution in [3.63, 3.8) is 0 Å². The lowest BCUT2D eigenvalue weighted by atomic mass is 9.67. The molecule has 3 saturated carbocycles. The van der Waals surface area contributed by atoms with Gasteiger partial charge in [-0.2, -0.15) is 0 Å². The highest BCUT2D eigenvalue weighted by atomic mass is 16.4. The Morgan fingerprint density at radius 2 is 2.13 bits per heavy atom. The van der Waals surface area contributed by atoms with Crippen molar-refractivity contribution in [2.45, 2.75) is 25.7 Å². The van der Waals surface area contributed by atoms with Crippen LogP contribution in [0.15, 0.2) is 12.2 Å². The SMILES string of the molecule is O=C(O)C12C=CC(C1)C1C3CCC(C3)C12.